The highest BCUT2D eigenvalue weighted by molar-refractivity contribution is 6.31. The molecule has 1 aliphatic heterocycles. The number of likely N-dealkylation sites (N-methyl/N-ethyl adjacent to an activating group) is 1. The molecule has 0 bridgehead atoms. The van der Waals surface area contributed by atoms with E-state index in [4.69, 9.17) is 16.0 Å². The summed E-state index contributed by atoms with van der Waals surface area (Å²) < 4.78 is 5.80. The van der Waals surface area contributed by atoms with Crippen LogP contribution in [0.5, 0.6) is 0 Å². The van der Waals surface area contributed by atoms with Crippen LogP contribution < -0.4 is 10.2 Å². The van der Waals surface area contributed by atoms with Crippen LogP contribution in [0.15, 0.2) is 22.6 Å². The number of benzene rings is 1. The Morgan fingerprint density at radius 2 is 2.07 bits per heavy atom. The fourth-order valence-electron chi connectivity index (χ4n) is 3.29. The summed E-state index contributed by atoms with van der Waals surface area (Å²) in [5.41, 5.74) is 1.42. The molecule has 0 aliphatic carbocycles. The van der Waals surface area contributed by atoms with Crippen molar-refractivity contribution >= 4 is 40.5 Å². The molecule has 1 aromatic heterocycles. The summed E-state index contributed by atoms with van der Waals surface area (Å²) in [5.74, 6) is -0.237. The van der Waals surface area contributed by atoms with Crippen LogP contribution in [0.2, 0.25) is 5.02 Å². The fraction of sp³-hybridized carbons (Fsp3) is 0.526. The van der Waals surface area contributed by atoms with Crippen molar-refractivity contribution in [1.29, 1.82) is 0 Å². The van der Waals surface area contributed by atoms with Crippen LogP contribution in [0.3, 0.4) is 0 Å². The van der Waals surface area contributed by atoms with Crippen LogP contribution in [0.4, 0.5) is 6.01 Å². The standard InChI is InChI=1S/C19H25ClN4O3/c1-4-14(18(26)23(2)3)21-17(25)12-7-9-24(10-8-12)19-22-15-6-5-13(20)11-16(15)27-19/h5-6,11-12,14H,4,7-10H2,1-3H3,(H,21,25). The molecule has 27 heavy (non-hydrogen) atoms. The Balaban J connectivity index is 1.59. The number of nitrogens with zero attached hydrogens (tertiary/aromatic N) is 3. The molecule has 2 aromatic rings. The number of hydrogen-bond acceptors (Lipinski definition) is 5. The van der Waals surface area contributed by atoms with Gasteiger partial charge in [-0.05, 0) is 31.4 Å². The summed E-state index contributed by atoms with van der Waals surface area (Å²) >= 11 is 5.99. The number of rotatable bonds is 5. The predicted molar refractivity (Wildman–Crippen MR) is 105 cm³/mol. The van der Waals surface area contributed by atoms with Gasteiger partial charge in [0.25, 0.3) is 6.01 Å². The first kappa shape index (κ1) is 19.5. The number of carbonyl (C=O) groups is 2. The van der Waals surface area contributed by atoms with Crippen molar-refractivity contribution in [3.8, 4) is 0 Å². The van der Waals surface area contributed by atoms with Gasteiger partial charge in [0.2, 0.25) is 11.8 Å². The quantitative estimate of drug-likeness (QED) is 0.846. The maximum Gasteiger partial charge on any atom is 0.298 e. The molecule has 0 radical (unpaired) electrons. The smallest absolute Gasteiger partial charge is 0.298 e. The van der Waals surface area contributed by atoms with Gasteiger partial charge in [0.05, 0.1) is 0 Å². The molecule has 146 valence electrons. The molecular weight excluding hydrogens is 368 g/mol. The Morgan fingerprint density at radius 3 is 2.70 bits per heavy atom. The number of nitrogens with one attached hydrogen (secondary N) is 1. The molecule has 1 aromatic carbocycles. The van der Waals surface area contributed by atoms with E-state index in [2.05, 4.69) is 10.3 Å². The summed E-state index contributed by atoms with van der Waals surface area (Å²) in [4.78, 5) is 32.7. The third kappa shape index (κ3) is 4.35. The van der Waals surface area contributed by atoms with E-state index in [0.717, 1.165) is 5.52 Å². The Hall–Kier alpha value is -2.28. The minimum atomic E-state index is -0.465. The van der Waals surface area contributed by atoms with Gasteiger partial charge in [0, 0.05) is 44.2 Å². The maximum absolute atomic E-state index is 12.6. The monoisotopic (exact) mass is 392 g/mol. The van der Waals surface area contributed by atoms with Crippen LogP contribution in [0.25, 0.3) is 11.1 Å². The molecule has 1 saturated heterocycles. The molecule has 1 atom stereocenters. The molecule has 0 spiro atoms. The highest BCUT2D eigenvalue weighted by Gasteiger charge is 2.30. The van der Waals surface area contributed by atoms with Gasteiger partial charge in [-0.15, -0.1) is 0 Å². The van der Waals surface area contributed by atoms with E-state index in [1.807, 2.05) is 17.9 Å². The molecule has 1 N–H and O–H groups in total. The van der Waals surface area contributed by atoms with Crippen LogP contribution in [-0.2, 0) is 9.59 Å². The number of piperidine rings is 1. The van der Waals surface area contributed by atoms with E-state index in [0.29, 0.717) is 49.0 Å². The maximum atomic E-state index is 12.6. The molecule has 2 amide bonds. The zero-order valence-electron chi connectivity index (χ0n) is 15.9. The molecule has 7 nitrogen and oxygen atoms in total. The van der Waals surface area contributed by atoms with Gasteiger partial charge < -0.3 is 19.5 Å². The van der Waals surface area contributed by atoms with E-state index in [1.54, 1.807) is 26.2 Å². The Labute approximate surface area is 163 Å². The lowest BCUT2D eigenvalue weighted by atomic mass is 9.95. The van der Waals surface area contributed by atoms with E-state index in [1.165, 1.54) is 4.90 Å². The second-order valence-electron chi connectivity index (χ2n) is 7.07. The lowest BCUT2D eigenvalue weighted by Crippen LogP contribution is -2.49. The number of oxazole rings is 1. The summed E-state index contributed by atoms with van der Waals surface area (Å²) in [6, 6.07) is 5.46. The number of anilines is 1. The third-order valence-corrected chi connectivity index (χ3v) is 5.17. The number of aromatic nitrogens is 1. The largest absolute Gasteiger partial charge is 0.423 e. The minimum absolute atomic E-state index is 0.0546. The van der Waals surface area contributed by atoms with Crippen molar-refractivity contribution < 1.29 is 14.0 Å². The highest BCUT2D eigenvalue weighted by atomic mass is 35.5. The van der Waals surface area contributed by atoms with Gasteiger partial charge in [-0.1, -0.05) is 18.5 Å². The van der Waals surface area contributed by atoms with E-state index < -0.39 is 6.04 Å². The number of fused-ring (bicyclic) bond motifs is 1. The van der Waals surface area contributed by atoms with Crippen molar-refractivity contribution in [2.24, 2.45) is 5.92 Å². The topological polar surface area (TPSA) is 78.7 Å². The molecular formula is C19H25ClN4O3. The Kier molecular flexibility index (Phi) is 5.89. The summed E-state index contributed by atoms with van der Waals surface area (Å²) in [7, 11) is 3.40. The Morgan fingerprint density at radius 1 is 1.37 bits per heavy atom. The van der Waals surface area contributed by atoms with Crippen molar-refractivity contribution in [2.45, 2.75) is 32.2 Å². The van der Waals surface area contributed by atoms with E-state index in [-0.39, 0.29) is 17.7 Å². The molecule has 1 unspecified atom stereocenters. The van der Waals surface area contributed by atoms with Gasteiger partial charge in [-0.2, -0.15) is 4.98 Å². The van der Waals surface area contributed by atoms with Crippen molar-refractivity contribution in [1.82, 2.24) is 15.2 Å². The van der Waals surface area contributed by atoms with Crippen molar-refractivity contribution in [3.05, 3.63) is 23.2 Å². The first-order valence-electron chi connectivity index (χ1n) is 9.21. The second kappa shape index (κ2) is 8.17. The van der Waals surface area contributed by atoms with Crippen molar-refractivity contribution in [2.75, 3.05) is 32.1 Å². The van der Waals surface area contributed by atoms with Gasteiger partial charge in [-0.3, -0.25) is 9.59 Å². The molecule has 1 aliphatic rings. The summed E-state index contributed by atoms with van der Waals surface area (Å²) in [6.45, 7) is 3.25. The van der Waals surface area contributed by atoms with Gasteiger partial charge in [0.1, 0.15) is 11.6 Å². The van der Waals surface area contributed by atoms with Gasteiger partial charge >= 0.3 is 0 Å². The molecule has 2 heterocycles. The van der Waals surface area contributed by atoms with Crippen LogP contribution in [0, 0.1) is 5.92 Å². The van der Waals surface area contributed by atoms with Crippen LogP contribution in [0.1, 0.15) is 26.2 Å². The summed E-state index contributed by atoms with van der Waals surface area (Å²) in [5, 5.41) is 3.51. The average molecular weight is 393 g/mol. The second-order valence-corrected chi connectivity index (χ2v) is 7.51. The van der Waals surface area contributed by atoms with Crippen LogP contribution >= 0.6 is 11.6 Å². The lowest BCUT2D eigenvalue weighted by molar-refractivity contribution is -0.135. The molecule has 0 saturated carbocycles. The number of amides is 2. The number of hydrogen-bond donors (Lipinski definition) is 1. The first-order chi connectivity index (χ1) is 12.9. The van der Waals surface area contributed by atoms with Gasteiger partial charge in [0.15, 0.2) is 5.58 Å². The third-order valence-electron chi connectivity index (χ3n) is 4.94. The van der Waals surface area contributed by atoms with E-state index >= 15 is 0 Å². The highest BCUT2D eigenvalue weighted by Crippen LogP contribution is 2.28. The number of carbonyl (C=O) groups excluding carboxylic acids is 2. The molecule has 3 rings (SSSR count). The minimum Gasteiger partial charge on any atom is -0.423 e. The fourth-order valence-corrected chi connectivity index (χ4v) is 3.46. The zero-order chi connectivity index (χ0) is 19.6. The SMILES string of the molecule is CCC(NC(=O)C1CCN(c2nc3ccc(Cl)cc3o2)CC1)C(=O)N(C)C. The van der Waals surface area contributed by atoms with E-state index in [9.17, 15) is 9.59 Å². The van der Waals surface area contributed by atoms with Crippen molar-refractivity contribution in [3.63, 3.8) is 0 Å². The lowest BCUT2D eigenvalue weighted by Gasteiger charge is -2.31. The summed E-state index contributed by atoms with van der Waals surface area (Å²) in [6.07, 6.45) is 1.96. The van der Waals surface area contributed by atoms with Gasteiger partial charge in [-0.25, -0.2) is 0 Å². The molecule has 8 heteroatoms. The predicted octanol–water partition coefficient (Wildman–Crippen LogP) is 2.68. The molecule has 1 fully saturated rings. The number of halogens is 1. The van der Waals surface area contributed by atoms with Crippen LogP contribution in [-0.4, -0.2) is 54.9 Å². The first-order valence-corrected chi connectivity index (χ1v) is 9.59. The Bertz CT molecular complexity index is 827. The normalized spacial score (nSPS) is 16.4. The zero-order valence-corrected chi connectivity index (χ0v) is 16.6. The average Bonchev–Trinajstić information content (AvgIpc) is 3.08.